The van der Waals surface area contributed by atoms with E-state index < -0.39 is 0 Å². The Morgan fingerprint density at radius 1 is 1.12 bits per heavy atom. The smallest absolute Gasteiger partial charge is 0.00953 e. The van der Waals surface area contributed by atoms with Crippen molar-refractivity contribution in [2.75, 3.05) is 13.1 Å². The van der Waals surface area contributed by atoms with E-state index in [0.717, 1.165) is 12.0 Å². The molecule has 0 spiro atoms. The molecule has 2 unspecified atom stereocenters. The minimum Gasteiger partial charge on any atom is -0.328 e. The van der Waals surface area contributed by atoms with E-state index in [2.05, 4.69) is 32.6 Å². The minimum atomic E-state index is 0.318. The lowest BCUT2D eigenvalue weighted by molar-refractivity contribution is 0.157. The van der Waals surface area contributed by atoms with Crippen LogP contribution in [0.15, 0.2) is 0 Å². The largest absolute Gasteiger partial charge is 0.328 e. The molecule has 0 radical (unpaired) electrons. The van der Waals surface area contributed by atoms with Crippen LogP contribution in [0.4, 0.5) is 0 Å². The summed E-state index contributed by atoms with van der Waals surface area (Å²) in [5.41, 5.74) is 6.01. The number of rotatable bonds is 7. The van der Waals surface area contributed by atoms with Crippen molar-refractivity contribution >= 4 is 0 Å². The quantitative estimate of drug-likeness (QED) is 0.740. The van der Waals surface area contributed by atoms with Gasteiger partial charge in [-0.3, -0.25) is 0 Å². The first-order valence-electron chi connectivity index (χ1n) is 7.50. The summed E-state index contributed by atoms with van der Waals surface area (Å²) in [7, 11) is 0. The molecule has 102 valence electrons. The van der Waals surface area contributed by atoms with Crippen LogP contribution in [0.25, 0.3) is 0 Å². The Bertz CT molecular complexity index is 195. The van der Waals surface area contributed by atoms with Crippen LogP contribution < -0.4 is 5.73 Å². The highest BCUT2D eigenvalue weighted by molar-refractivity contribution is 4.80. The van der Waals surface area contributed by atoms with Crippen molar-refractivity contribution in [1.29, 1.82) is 0 Å². The van der Waals surface area contributed by atoms with Gasteiger partial charge in [-0.1, -0.05) is 33.6 Å². The number of nitrogens with zero attached hydrogens (tertiary/aromatic N) is 1. The summed E-state index contributed by atoms with van der Waals surface area (Å²) in [5.74, 6) is 1.42. The predicted molar refractivity (Wildman–Crippen MR) is 76.1 cm³/mol. The van der Waals surface area contributed by atoms with Crippen molar-refractivity contribution < 1.29 is 0 Å². The SMILES string of the molecule is CC(C)CCN(CC(C)C(C)N)C1CCCC1. The molecule has 0 aromatic carbocycles. The summed E-state index contributed by atoms with van der Waals surface area (Å²) in [4.78, 5) is 2.72. The molecule has 2 heteroatoms. The Morgan fingerprint density at radius 3 is 2.18 bits per heavy atom. The molecule has 2 nitrogen and oxygen atoms in total. The zero-order valence-corrected chi connectivity index (χ0v) is 12.3. The third kappa shape index (κ3) is 5.39. The molecule has 1 aliphatic carbocycles. The second kappa shape index (κ2) is 7.38. The standard InChI is InChI=1S/C15H32N2/c1-12(2)9-10-17(11-13(3)14(4)16)15-7-5-6-8-15/h12-15H,5-11,16H2,1-4H3. The molecule has 1 aliphatic rings. The summed E-state index contributed by atoms with van der Waals surface area (Å²) in [6.45, 7) is 11.5. The number of hydrogen-bond donors (Lipinski definition) is 1. The summed E-state index contributed by atoms with van der Waals surface area (Å²) in [6, 6.07) is 1.16. The highest BCUT2D eigenvalue weighted by Crippen LogP contribution is 2.25. The summed E-state index contributed by atoms with van der Waals surface area (Å²) < 4.78 is 0. The van der Waals surface area contributed by atoms with Gasteiger partial charge in [0.25, 0.3) is 0 Å². The predicted octanol–water partition coefficient (Wildman–Crippen LogP) is 3.26. The normalized spacial score (nSPS) is 21.4. The average Bonchev–Trinajstić information content (AvgIpc) is 2.76. The minimum absolute atomic E-state index is 0.318. The van der Waals surface area contributed by atoms with E-state index in [1.165, 1.54) is 45.2 Å². The summed E-state index contributed by atoms with van der Waals surface area (Å²) in [6.07, 6.45) is 6.99. The highest BCUT2D eigenvalue weighted by Gasteiger charge is 2.24. The van der Waals surface area contributed by atoms with Crippen LogP contribution in [0.3, 0.4) is 0 Å². The van der Waals surface area contributed by atoms with Crippen molar-refractivity contribution in [3.63, 3.8) is 0 Å². The highest BCUT2D eigenvalue weighted by atomic mass is 15.2. The molecular formula is C15H32N2. The van der Waals surface area contributed by atoms with Crippen LogP contribution in [-0.2, 0) is 0 Å². The molecule has 2 N–H and O–H groups in total. The van der Waals surface area contributed by atoms with Crippen molar-refractivity contribution in [3.05, 3.63) is 0 Å². The van der Waals surface area contributed by atoms with Crippen LogP contribution in [0.2, 0.25) is 0 Å². The van der Waals surface area contributed by atoms with Crippen LogP contribution in [-0.4, -0.2) is 30.1 Å². The summed E-state index contributed by atoms with van der Waals surface area (Å²) >= 11 is 0. The second-order valence-electron chi connectivity index (χ2n) is 6.45. The monoisotopic (exact) mass is 240 g/mol. The van der Waals surface area contributed by atoms with Gasteiger partial charge in [-0.05, 0) is 44.6 Å². The fourth-order valence-corrected chi connectivity index (χ4v) is 2.65. The van der Waals surface area contributed by atoms with E-state index in [1.807, 2.05) is 0 Å². The van der Waals surface area contributed by atoms with Crippen molar-refractivity contribution in [2.24, 2.45) is 17.6 Å². The average molecular weight is 240 g/mol. The fourth-order valence-electron chi connectivity index (χ4n) is 2.65. The lowest BCUT2D eigenvalue weighted by Gasteiger charge is -2.33. The van der Waals surface area contributed by atoms with Crippen molar-refractivity contribution in [2.45, 2.75) is 71.9 Å². The van der Waals surface area contributed by atoms with Crippen molar-refractivity contribution in [3.8, 4) is 0 Å². The second-order valence-corrected chi connectivity index (χ2v) is 6.45. The Balaban J connectivity index is 2.45. The topological polar surface area (TPSA) is 29.3 Å². The molecule has 17 heavy (non-hydrogen) atoms. The van der Waals surface area contributed by atoms with Gasteiger partial charge in [-0.25, -0.2) is 0 Å². The molecule has 0 aromatic heterocycles. The van der Waals surface area contributed by atoms with Gasteiger partial charge in [0.15, 0.2) is 0 Å². The first kappa shape index (κ1) is 15.0. The number of hydrogen-bond acceptors (Lipinski definition) is 2. The lowest BCUT2D eigenvalue weighted by atomic mass is 10.0. The van der Waals surface area contributed by atoms with Gasteiger partial charge in [0, 0.05) is 18.6 Å². The van der Waals surface area contributed by atoms with E-state index in [0.29, 0.717) is 12.0 Å². The van der Waals surface area contributed by atoms with Crippen molar-refractivity contribution in [1.82, 2.24) is 4.90 Å². The molecule has 1 fully saturated rings. The van der Waals surface area contributed by atoms with Gasteiger partial charge in [0.1, 0.15) is 0 Å². The zero-order valence-electron chi connectivity index (χ0n) is 12.3. The maximum absolute atomic E-state index is 6.01. The summed E-state index contributed by atoms with van der Waals surface area (Å²) in [5, 5.41) is 0. The third-order valence-corrected chi connectivity index (χ3v) is 4.25. The Hall–Kier alpha value is -0.0800. The van der Waals surface area contributed by atoms with Crippen LogP contribution in [0.5, 0.6) is 0 Å². The molecule has 0 saturated heterocycles. The van der Waals surface area contributed by atoms with E-state index >= 15 is 0 Å². The van der Waals surface area contributed by atoms with Gasteiger partial charge in [0.2, 0.25) is 0 Å². The van der Waals surface area contributed by atoms with Crippen LogP contribution in [0, 0.1) is 11.8 Å². The van der Waals surface area contributed by atoms with Gasteiger partial charge in [-0.2, -0.15) is 0 Å². The van der Waals surface area contributed by atoms with E-state index in [-0.39, 0.29) is 0 Å². The van der Waals surface area contributed by atoms with Gasteiger partial charge in [-0.15, -0.1) is 0 Å². The van der Waals surface area contributed by atoms with Gasteiger partial charge in [0.05, 0.1) is 0 Å². The first-order chi connectivity index (χ1) is 8.00. The molecule has 0 aromatic rings. The molecule has 0 amide bonds. The Morgan fingerprint density at radius 2 is 1.71 bits per heavy atom. The molecule has 0 aliphatic heterocycles. The van der Waals surface area contributed by atoms with Gasteiger partial charge >= 0.3 is 0 Å². The van der Waals surface area contributed by atoms with Crippen LogP contribution in [0.1, 0.15) is 59.8 Å². The molecule has 1 saturated carbocycles. The maximum atomic E-state index is 6.01. The Labute approximate surface area is 108 Å². The van der Waals surface area contributed by atoms with E-state index in [9.17, 15) is 0 Å². The Kier molecular flexibility index (Phi) is 6.50. The van der Waals surface area contributed by atoms with Gasteiger partial charge < -0.3 is 10.6 Å². The number of nitrogens with two attached hydrogens (primary N) is 1. The molecule has 2 atom stereocenters. The zero-order chi connectivity index (χ0) is 12.8. The van der Waals surface area contributed by atoms with E-state index in [4.69, 9.17) is 5.73 Å². The lowest BCUT2D eigenvalue weighted by Crippen LogP contribution is -2.41. The maximum Gasteiger partial charge on any atom is 0.00953 e. The van der Waals surface area contributed by atoms with E-state index in [1.54, 1.807) is 0 Å². The molecule has 0 bridgehead atoms. The fraction of sp³-hybridized carbons (Fsp3) is 1.00. The molecular weight excluding hydrogens is 208 g/mol. The first-order valence-corrected chi connectivity index (χ1v) is 7.50. The molecule has 1 rings (SSSR count). The third-order valence-electron chi connectivity index (χ3n) is 4.25. The van der Waals surface area contributed by atoms with Crippen LogP contribution >= 0.6 is 0 Å². The molecule has 0 heterocycles.